The lowest BCUT2D eigenvalue weighted by atomic mass is 9.35. The van der Waals surface area contributed by atoms with Crippen LogP contribution in [0, 0.1) is 0 Å². The molecule has 8 heteroatoms. The highest BCUT2D eigenvalue weighted by Gasteiger charge is 2.46. The highest BCUT2D eigenvalue weighted by atomic mass is 32.2. The first-order valence-electron chi connectivity index (χ1n) is 8.08. The molecule has 0 amide bonds. The van der Waals surface area contributed by atoms with Crippen molar-refractivity contribution < 1.29 is 14.2 Å². The molecule has 0 atom stereocenters. The summed E-state index contributed by atoms with van der Waals surface area (Å²) in [5.41, 5.74) is 3.59. The van der Waals surface area contributed by atoms with E-state index < -0.39 is 0 Å². The van der Waals surface area contributed by atoms with Crippen molar-refractivity contribution in [3.05, 3.63) is 30.9 Å². The van der Waals surface area contributed by atoms with Gasteiger partial charge in [0.2, 0.25) is 0 Å². The van der Waals surface area contributed by atoms with Gasteiger partial charge in [-0.2, -0.15) is 0 Å². The standard InChI is InChI=1S/C18H11BN2O3S2/c1-22-8-3-9(23-2)18-16-17(8)24-10-4-20-5-11-14(10)19(16)15-12(25-11)6-21-7-13(15)26-18/h3-7H,1-2H3. The molecule has 26 heavy (non-hydrogen) atoms. The van der Waals surface area contributed by atoms with Crippen LogP contribution in [0.5, 0.6) is 23.0 Å². The third-order valence-corrected chi connectivity index (χ3v) is 7.24. The molecule has 1 aromatic carbocycles. The fourth-order valence-corrected chi connectivity index (χ4v) is 6.36. The van der Waals surface area contributed by atoms with Crippen molar-refractivity contribution in [3.8, 4) is 23.0 Å². The van der Waals surface area contributed by atoms with Crippen LogP contribution in [0.3, 0.4) is 0 Å². The number of nitrogens with zero attached hydrogens (tertiary/aromatic N) is 2. The lowest BCUT2D eigenvalue weighted by molar-refractivity contribution is 0.366. The Morgan fingerprint density at radius 3 is 2.31 bits per heavy atom. The molecule has 126 valence electrons. The number of hydrogen-bond acceptors (Lipinski definition) is 7. The minimum atomic E-state index is 0.0845. The van der Waals surface area contributed by atoms with Crippen LogP contribution in [0.15, 0.2) is 50.4 Å². The van der Waals surface area contributed by atoms with E-state index in [0.29, 0.717) is 5.75 Å². The van der Waals surface area contributed by atoms with Crippen LogP contribution in [0.2, 0.25) is 0 Å². The Kier molecular flexibility index (Phi) is 2.91. The fourth-order valence-electron chi connectivity index (χ4n) is 3.93. The number of ether oxygens (including phenoxy) is 3. The summed E-state index contributed by atoms with van der Waals surface area (Å²) >= 11 is 3.39. The van der Waals surface area contributed by atoms with Crippen molar-refractivity contribution in [2.45, 2.75) is 19.6 Å². The molecular formula is C18H11BN2O3S2. The van der Waals surface area contributed by atoms with E-state index >= 15 is 0 Å². The van der Waals surface area contributed by atoms with E-state index in [4.69, 9.17) is 14.2 Å². The van der Waals surface area contributed by atoms with Crippen molar-refractivity contribution in [1.29, 1.82) is 0 Å². The summed E-state index contributed by atoms with van der Waals surface area (Å²) in [6, 6.07) is 1.89. The maximum atomic E-state index is 6.29. The minimum Gasteiger partial charge on any atom is -0.495 e. The topological polar surface area (TPSA) is 53.5 Å². The van der Waals surface area contributed by atoms with Gasteiger partial charge in [0.25, 0.3) is 6.71 Å². The average Bonchev–Trinajstić information content (AvgIpc) is 2.68. The van der Waals surface area contributed by atoms with E-state index in [0.717, 1.165) is 37.4 Å². The summed E-state index contributed by atoms with van der Waals surface area (Å²) in [6.07, 6.45) is 7.58. The number of methoxy groups -OCH3 is 2. The first kappa shape index (κ1) is 14.8. The van der Waals surface area contributed by atoms with Crippen LogP contribution in [0.1, 0.15) is 0 Å². The Hall–Kier alpha value is -2.32. The van der Waals surface area contributed by atoms with E-state index in [1.54, 1.807) is 43.9 Å². The summed E-state index contributed by atoms with van der Waals surface area (Å²) in [7, 11) is 3.34. The van der Waals surface area contributed by atoms with E-state index in [1.165, 1.54) is 15.8 Å². The van der Waals surface area contributed by atoms with Crippen LogP contribution in [-0.2, 0) is 0 Å². The molecule has 0 saturated heterocycles. The highest BCUT2D eigenvalue weighted by Crippen LogP contribution is 2.48. The predicted octanol–water partition coefficient (Wildman–Crippen LogP) is 2.04. The maximum Gasteiger partial charge on any atom is 0.257 e. The molecule has 3 aliphatic rings. The predicted molar refractivity (Wildman–Crippen MR) is 101 cm³/mol. The molecule has 2 aromatic heterocycles. The van der Waals surface area contributed by atoms with Gasteiger partial charge in [-0.25, -0.2) is 0 Å². The van der Waals surface area contributed by atoms with E-state index in [-0.39, 0.29) is 6.71 Å². The summed E-state index contributed by atoms with van der Waals surface area (Å²) < 4.78 is 17.6. The van der Waals surface area contributed by atoms with Gasteiger partial charge < -0.3 is 14.2 Å². The third-order valence-electron chi connectivity index (χ3n) is 4.98. The molecule has 3 aromatic rings. The smallest absolute Gasteiger partial charge is 0.257 e. The van der Waals surface area contributed by atoms with Gasteiger partial charge in [-0.05, 0) is 16.4 Å². The average molecular weight is 378 g/mol. The Bertz CT molecular complexity index is 1040. The van der Waals surface area contributed by atoms with Crippen LogP contribution < -0.4 is 30.6 Å². The Balaban J connectivity index is 1.78. The summed E-state index contributed by atoms with van der Waals surface area (Å²) in [5, 5.41) is 0. The Morgan fingerprint density at radius 1 is 0.846 bits per heavy atom. The van der Waals surface area contributed by atoms with Crippen molar-refractivity contribution in [2.24, 2.45) is 0 Å². The molecule has 0 saturated carbocycles. The normalized spacial score (nSPS) is 14.5. The number of benzene rings is 1. The van der Waals surface area contributed by atoms with Crippen LogP contribution in [-0.4, -0.2) is 30.9 Å². The lowest BCUT2D eigenvalue weighted by Crippen LogP contribution is -2.60. The molecule has 0 fully saturated rings. The zero-order valence-electron chi connectivity index (χ0n) is 13.9. The molecule has 0 N–H and O–H groups in total. The first-order chi connectivity index (χ1) is 12.8. The highest BCUT2D eigenvalue weighted by molar-refractivity contribution is 8.01. The number of pyridine rings is 2. The van der Waals surface area contributed by atoms with Gasteiger partial charge in [-0.1, -0.05) is 23.5 Å². The van der Waals surface area contributed by atoms with Gasteiger partial charge >= 0.3 is 0 Å². The van der Waals surface area contributed by atoms with Crippen molar-refractivity contribution in [1.82, 2.24) is 9.97 Å². The van der Waals surface area contributed by atoms with Gasteiger partial charge in [-0.3, -0.25) is 9.97 Å². The quantitative estimate of drug-likeness (QED) is 0.428. The van der Waals surface area contributed by atoms with Crippen molar-refractivity contribution in [2.75, 3.05) is 14.2 Å². The summed E-state index contributed by atoms with van der Waals surface area (Å²) in [5.74, 6) is 3.02. The molecule has 0 aliphatic carbocycles. The maximum absolute atomic E-state index is 6.29. The molecule has 5 heterocycles. The van der Waals surface area contributed by atoms with Crippen LogP contribution in [0.25, 0.3) is 0 Å². The number of hydrogen-bond donors (Lipinski definition) is 0. The van der Waals surface area contributed by atoms with Gasteiger partial charge in [0, 0.05) is 39.3 Å². The zero-order chi connectivity index (χ0) is 17.4. The van der Waals surface area contributed by atoms with Crippen molar-refractivity contribution >= 4 is 46.6 Å². The Labute approximate surface area is 158 Å². The van der Waals surface area contributed by atoms with Gasteiger partial charge in [0.15, 0.2) is 11.5 Å². The monoisotopic (exact) mass is 378 g/mol. The van der Waals surface area contributed by atoms with Crippen molar-refractivity contribution in [3.63, 3.8) is 0 Å². The second kappa shape index (κ2) is 5.11. The van der Waals surface area contributed by atoms with E-state index in [9.17, 15) is 0 Å². The second-order valence-electron chi connectivity index (χ2n) is 6.19. The van der Waals surface area contributed by atoms with Gasteiger partial charge in [0.05, 0.1) is 25.3 Å². The number of aromatic nitrogens is 2. The minimum absolute atomic E-state index is 0.0845. The second-order valence-corrected chi connectivity index (χ2v) is 8.33. The van der Waals surface area contributed by atoms with Gasteiger partial charge in [0.1, 0.15) is 11.5 Å². The molecule has 0 bridgehead atoms. The zero-order valence-corrected chi connectivity index (χ0v) is 15.5. The lowest BCUT2D eigenvalue weighted by Gasteiger charge is -2.37. The molecule has 0 spiro atoms. The third kappa shape index (κ3) is 1.71. The Morgan fingerprint density at radius 2 is 1.54 bits per heavy atom. The summed E-state index contributed by atoms with van der Waals surface area (Å²) in [6.45, 7) is 0.0845. The molecule has 3 aliphatic heterocycles. The van der Waals surface area contributed by atoms with E-state index in [1.807, 2.05) is 24.7 Å². The molecular weight excluding hydrogens is 367 g/mol. The largest absolute Gasteiger partial charge is 0.495 e. The fraction of sp³-hybridized carbons (Fsp3) is 0.111. The van der Waals surface area contributed by atoms with Crippen LogP contribution in [0.4, 0.5) is 0 Å². The molecule has 0 unspecified atom stereocenters. The molecule has 6 rings (SSSR count). The molecule has 0 radical (unpaired) electrons. The summed E-state index contributed by atoms with van der Waals surface area (Å²) in [4.78, 5) is 13.3. The SMILES string of the molecule is COc1cc(OC)c2c3c1Oc1cncc4c1B3c1c(cncc1S2)S4. The van der Waals surface area contributed by atoms with Crippen LogP contribution >= 0.6 is 23.5 Å². The van der Waals surface area contributed by atoms with Gasteiger partial charge in [-0.15, -0.1) is 0 Å². The number of rotatable bonds is 2. The first-order valence-corrected chi connectivity index (χ1v) is 9.71. The van der Waals surface area contributed by atoms with E-state index in [2.05, 4.69) is 9.97 Å². The molecule has 5 nitrogen and oxygen atoms in total.